The summed E-state index contributed by atoms with van der Waals surface area (Å²) in [4.78, 5) is -0.532. The first-order chi connectivity index (χ1) is 9.69. The van der Waals surface area contributed by atoms with Crippen LogP contribution >= 0.6 is 10.5 Å². The van der Waals surface area contributed by atoms with Gasteiger partial charge < -0.3 is 0 Å². The lowest BCUT2D eigenvalue weighted by Crippen LogP contribution is -1.98. The molecule has 1 heterocycles. The highest BCUT2D eigenvalue weighted by Crippen LogP contribution is 2.54. The molecule has 0 aliphatic carbocycles. The molecule has 1 atom stereocenters. The summed E-state index contributed by atoms with van der Waals surface area (Å²) >= 11 is 0. The van der Waals surface area contributed by atoms with Gasteiger partial charge in [-0.25, -0.2) is 0 Å². The van der Waals surface area contributed by atoms with E-state index in [0.717, 1.165) is 12.1 Å². The fourth-order valence-corrected chi connectivity index (χ4v) is 4.86. The number of rotatable bonds is 1. The van der Waals surface area contributed by atoms with Crippen LogP contribution in [0.3, 0.4) is 0 Å². The number of alkyl halides is 3. The number of hydrogen-bond acceptors (Lipinski definition) is 2. The fraction of sp³-hybridized carbons (Fsp3) is 0.0769. The van der Waals surface area contributed by atoms with Crippen LogP contribution in [0.2, 0.25) is 0 Å². The molecule has 1 unspecified atom stereocenters. The van der Waals surface area contributed by atoms with Gasteiger partial charge in [-0.2, -0.15) is 8.42 Å². The third-order valence-electron chi connectivity index (χ3n) is 3.10. The molecule has 0 amide bonds. The molecule has 0 aliphatic heterocycles. The van der Waals surface area contributed by atoms with Gasteiger partial charge in [-0.1, -0.05) is 12.1 Å². The van der Waals surface area contributed by atoms with Gasteiger partial charge in [0.25, 0.3) is 10.1 Å². The highest BCUT2D eigenvalue weighted by molar-refractivity contribution is 7.85. The maximum atomic E-state index is 13.3. The smallest absolute Gasteiger partial charge is 0.282 e. The van der Waals surface area contributed by atoms with Crippen molar-refractivity contribution in [2.24, 2.45) is 0 Å². The van der Waals surface area contributed by atoms with Crippen molar-refractivity contribution in [2.75, 3.05) is 0 Å². The van der Waals surface area contributed by atoms with E-state index < -0.39 is 31.0 Å². The highest BCUT2D eigenvalue weighted by atomic mass is 32.2. The second-order valence-corrected chi connectivity index (χ2v) is 7.76. The van der Waals surface area contributed by atoms with Crippen LogP contribution in [0.5, 0.6) is 0 Å². The minimum absolute atomic E-state index is 0.118. The predicted molar refractivity (Wildman–Crippen MR) is 75.0 cm³/mol. The molecule has 2 aromatic carbocycles. The fourth-order valence-electron chi connectivity index (χ4n) is 2.29. The molecule has 1 N–H and O–H groups in total. The van der Waals surface area contributed by atoms with Gasteiger partial charge in [0.15, 0.2) is 9.40 Å². The monoisotopic (exact) mass is 333 g/mol. The summed E-state index contributed by atoms with van der Waals surface area (Å²) in [5, 5.41) is 0.786. The Morgan fingerprint density at radius 3 is 2.19 bits per heavy atom. The van der Waals surface area contributed by atoms with E-state index in [2.05, 4.69) is 0 Å². The molecule has 8 heteroatoms. The molecule has 0 radical (unpaired) electrons. The second kappa shape index (κ2) is 4.43. The Kier molecular flexibility index (Phi) is 3.01. The Morgan fingerprint density at radius 1 is 0.952 bits per heavy atom. The first-order valence-corrected chi connectivity index (χ1v) is 8.38. The van der Waals surface area contributed by atoms with Gasteiger partial charge in [-0.3, -0.25) is 4.55 Å². The van der Waals surface area contributed by atoms with Gasteiger partial charge in [0, 0.05) is 16.8 Å². The maximum absolute atomic E-state index is 13.3. The molecule has 21 heavy (non-hydrogen) atoms. The molecule has 0 bridgehead atoms. The van der Waals surface area contributed by atoms with E-state index in [1.54, 1.807) is 12.1 Å². The van der Waals surface area contributed by atoms with Crippen LogP contribution in [0, 0.1) is 0 Å². The van der Waals surface area contributed by atoms with Crippen molar-refractivity contribution in [3.8, 4) is 0 Å². The van der Waals surface area contributed by atoms with Crippen molar-refractivity contribution in [1.29, 1.82) is 0 Å². The minimum atomic E-state index is -4.54. The van der Waals surface area contributed by atoms with E-state index >= 15 is 0 Å². The normalized spacial score (nSPS) is 14.0. The van der Waals surface area contributed by atoms with Crippen LogP contribution in [-0.4, -0.2) is 13.0 Å². The Hall–Kier alpha value is -1.64. The number of halogens is 3. The van der Waals surface area contributed by atoms with Gasteiger partial charge in [-0.05, 0) is 24.3 Å². The van der Waals surface area contributed by atoms with E-state index in [-0.39, 0.29) is 9.40 Å². The zero-order chi connectivity index (χ0) is 15.4. The molecular weight excluding hydrogens is 325 g/mol. The molecule has 110 valence electrons. The van der Waals surface area contributed by atoms with E-state index in [1.807, 2.05) is 0 Å². The number of fused-ring (bicyclic) bond motifs is 3. The summed E-state index contributed by atoms with van der Waals surface area (Å²) in [5.74, 6) is 0. The van der Waals surface area contributed by atoms with Crippen LogP contribution in [0.25, 0.3) is 20.2 Å². The Labute approximate surface area is 120 Å². The van der Waals surface area contributed by atoms with Crippen molar-refractivity contribution in [1.82, 2.24) is 0 Å². The van der Waals surface area contributed by atoms with Crippen molar-refractivity contribution in [3.05, 3.63) is 42.5 Å². The number of benzene rings is 2. The number of thiophene rings is 1. The standard InChI is InChI=1S/C13H7F3O3S2/c14-13(15,16)20-11-4-2-1-3-9(11)10-6-5-8(7-12(10)20)21(17,18)19/h1-7H/p+1. The van der Waals surface area contributed by atoms with Gasteiger partial charge in [0.2, 0.25) is 0 Å². The minimum Gasteiger partial charge on any atom is -0.282 e. The zero-order valence-corrected chi connectivity index (χ0v) is 11.9. The van der Waals surface area contributed by atoms with Crippen LogP contribution in [0.15, 0.2) is 47.4 Å². The third kappa shape index (κ3) is 2.29. The van der Waals surface area contributed by atoms with Crippen molar-refractivity contribution in [2.45, 2.75) is 10.4 Å². The van der Waals surface area contributed by atoms with Gasteiger partial charge in [0.05, 0.1) is 4.90 Å². The lowest BCUT2D eigenvalue weighted by molar-refractivity contribution is -0.0862. The lowest BCUT2D eigenvalue weighted by Gasteiger charge is -1.98. The van der Waals surface area contributed by atoms with E-state index in [1.165, 1.54) is 18.2 Å². The third-order valence-corrected chi connectivity index (χ3v) is 5.99. The Bertz CT molecular complexity index is 956. The summed E-state index contributed by atoms with van der Waals surface area (Å²) in [6.07, 6.45) is 0. The van der Waals surface area contributed by atoms with E-state index in [9.17, 15) is 21.6 Å². The predicted octanol–water partition coefficient (Wildman–Crippen LogP) is 4.47. The molecule has 3 rings (SSSR count). The maximum Gasteiger partial charge on any atom is 0.601 e. The van der Waals surface area contributed by atoms with Gasteiger partial charge in [-0.15, -0.1) is 13.2 Å². The topological polar surface area (TPSA) is 54.4 Å². The Balaban J connectivity index is 2.54. The molecule has 0 aliphatic rings. The molecular formula is C13H8F3O3S2+. The SMILES string of the molecule is O=S(=O)(O)c1ccc2c3ccccc3[s+](C(F)(F)F)c2c1. The van der Waals surface area contributed by atoms with Crippen LogP contribution in [0.4, 0.5) is 13.2 Å². The summed E-state index contributed by atoms with van der Waals surface area (Å²) in [6, 6.07) is 9.41. The summed E-state index contributed by atoms with van der Waals surface area (Å²) in [6.45, 7) is 0. The molecule has 0 spiro atoms. The average molecular weight is 333 g/mol. The quantitative estimate of drug-likeness (QED) is 0.528. The summed E-state index contributed by atoms with van der Waals surface area (Å²) < 4.78 is 71.3. The van der Waals surface area contributed by atoms with E-state index in [4.69, 9.17) is 4.55 Å². The molecule has 0 saturated carbocycles. The first-order valence-electron chi connectivity index (χ1n) is 5.71. The van der Waals surface area contributed by atoms with Crippen molar-refractivity contribution in [3.63, 3.8) is 0 Å². The summed E-state index contributed by atoms with van der Waals surface area (Å²) in [5.41, 5.74) is -4.51. The van der Waals surface area contributed by atoms with Crippen LogP contribution in [0.1, 0.15) is 0 Å². The van der Waals surface area contributed by atoms with Crippen LogP contribution < -0.4 is 0 Å². The van der Waals surface area contributed by atoms with Crippen LogP contribution in [-0.2, 0) is 15.6 Å². The molecule has 0 fully saturated rings. The van der Waals surface area contributed by atoms with E-state index in [0.29, 0.717) is 10.8 Å². The lowest BCUT2D eigenvalue weighted by atomic mass is 10.2. The zero-order valence-electron chi connectivity index (χ0n) is 10.3. The van der Waals surface area contributed by atoms with Gasteiger partial charge in [0.1, 0.15) is 10.5 Å². The molecule has 0 saturated heterocycles. The number of hydrogen-bond donors (Lipinski definition) is 1. The highest BCUT2D eigenvalue weighted by Gasteiger charge is 2.47. The van der Waals surface area contributed by atoms with Crippen molar-refractivity contribution < 1.29 is 26.1 Å². The average Bonchev–Trinajstić information content (AvgIpc) is 2.70. The largest absolute Gasteiger partial charge is 0.601 e. The first kappa shape index (κ1) is 14.3. The van der Waals surface area contributed by atoms with Crippen molar-refractivity contribution >= 4 is 40.8 Å². The molecule has 3 nitrogen and oxygen atoms in total. The Morgan fingerprint density at radius 2 is 1.57 bits per heavy atom. The van der Waals surface area contributed by atoms with Gasteiger partial charge >= 0.3 is 5.51 Å². The summed E-state index contributed by atoms with van der Waals surface area (Å²) in [7, 11) is -6.76. The molecule has 3 aromatic rings. The second-order valence-electron chi connectivity index (χ2n) is 4.38. The molecule has 1 aromatic heterocycles.